The van der Waals surface area contributed by atoms with Crippen molar-refractivity contribution in [1.29, 1.82) is 0 Å². The van der Waals surface area contributed by atoms with Gasteiger partial charge in [-0.1, -0.05) is 11.6 Å². The van der Waals surface area contributed by atoms with Crippen molar-refractivity contribution in [3.05, 3.63) is 41.7 Å². The molecule has 0 unspecified atom stereocenters. The van der Waals surface area contributed by atoms with E-state index in [-0.39, 0.29) is 5.69 Å². The van der Waals surface area contributed by atoms with E-state index in [1.807, 2.05) is 0 Å². The van der Waals surface area contributed by atoms with Gasteiger partial charge in [-0.3, -0.25) is 9.59 Å². The normalized spacial score (nSPS) is 14.4. The number of benzene rings is 1. The Balaban J connectivity index is 1.74. The Hall–Kier alpha value is -2.22. The molecule has 0 bridgehead atoms. The van der Waals surface area contributed by atoms with E-state index in [2.05, 4.69) is 16.7 Å². The van der Waals surface area contributed by atoms with E-state index in [9.17, 15) is 22.4 Å². The van der Waals surface area contributed by atoms with Gasteiger partial charge < -0.3 is 10.6 Å². The summed E-state index contributed by atoms with van der Waals surface area (Å²) in [6, 6.07) is 4.96. The topological polar surface area (TPSA) is 92.3 Å². The van der Waals surface area contributed by atoms with Crippen LogP contribution in [0.2, 0.25) is 0 Å². The quantitative estimate of drug-likeness (QED) is 0.674. The molecule has 0 atom stereocenters. The zero-order chi connectivity index (χ0) is 19.0. The van der Waals surface area contributed by atoms with Gasteiger partial charge in [0.25, 0.3) is 0 Å². The number of carbonyl (C=O) groups is 2. The average molecular weight is 382 g/mol. The Labute approximate surface area is 152 Å². The van der Waals surface area contributed by atoms with Gasteiger partial charge in [0.15, 0.2) is 9.84 Å². The molecule has 0 radical (unpaired) electrons. The minimum Gasteiger partial charge on any atom is -0.355 e. The second-order valence-electron chi connectivity index (χ2n) is 6.30. The molecule has 0 aromatic heterocycles. The van der Waals surface area contributed by atoms with E-state index in [1.165, 1.54) is 24.1 Å². The highest BCUT2D eigenvalue weighted by Gasteiger charge is 2.21. The predicted molar refractivity (Wildman–Crippen MR) is 97.9 cm³/mol. The lowest BCUT2D eigenvalue weighted by Crippen LogP contribution is -2.34. The first-order valence-corrected chi connectivity index (χ1v) is 10.4. The summed E-state index contributed by atoms with van der Waals surface area (Å²) >= 11 is 0. The maximum absolute atomic E-state index is 12.8. The monoisotopic (exact) mass is 382 g/mol. The third kappa shape index (κ3) is 7.35. The summed E-state index contributed by atoms with van der Waals surface area (Å²) < 4.78 is 36.7. The molecule has 0 saturated carbocycles. The van der Waals surface area contributed by atoms with Crippen LogP contribution in [0.1, 0.15) is 32.1 Å². The number of hydrogen-bond acceptors (Lipinski definition) is 4. The summed E-state index contributed by atoms with van der Waals surface area (Å²) in [4.78, 5) is 23.6. The number of allylic oxidation sites excluding steroid dienone is 1. The standard InChI is InChI=1S/C18H23FN2O4S/c19-15-6-8-16(9-7-15)21-18(23)13-26(24,25)12-17(22)20-11-10-14-4-2-1-3-5-14/h4,6-9H,1-3,5,10-13H2,(H,20,22)(H,21,23). The number of halogens is 1. The first-order valence-electron chi connectivity index (χ1n) is 8.54. The minimum absolute atomic E-state index is 0.289. The third-order valence-corrected chi connectivity index (χ3v) is 5.39. The van der Waals surface area contributed by atoms with Crippen molar-refractivity contribution in [2.24, 2.45) is 0 Å². The van der Waals surface area contributed by atoms with E-state index in [0.717, 1.165) is 37.8 Å². The molecule has 2 N–H and O–H groups in total. The molecular formula is C18H23FN2O4S. The number of amides is 2. The minimum atomic E-state index is -3.88. The van der Waals surface area contributed by atoms with E-state index < -0.39 is 39.0 Å². The molecule has 1 aromatic rings. The second kappa shape index (κ2) is 9.47. The van der Waals surface area contributed by atoms with Gasteiger partial charge >= 0.3 is 0 Å². The van der Waals surface area contributed by atoms with Gasteiger partial charge in [-0.25, -0.2) is 12.8 Å². The highest BCUT2D eigenvalue weighted by atomic mass is 32.2. The van der Waals surface area contributed by atoms with Gasteiger partial charge in [-0.15, -0.1) is 0 Å². The lowest BCUT2D eigenvalue weighted by atomic mass is 9.97. The third-order valence-electron chi connectivity index (χ3n) is 3.98. The number of sulfone groups is 1. The molecule has 2 amide bonds. The lowest BCUT2D eigenvalue weighted by Gasteiger charge is -2.13. The van der Waals surface area contributed by atoms with E-state index >= 15 is 0 Å². The van der Waals surface area contributed by atoms with Gasteiger partial charge in [-0.2, -0.15) is 0 Å². The fourth-order valence-corrected chi connectivity index (χ4v) is 3.80. The molecule has 26 heavy (non-hydrogen) atoms. The number of hydrogen-bond donors (Lipinski definition) is 2. The van der Waals surface area contributed by atoms with Gasteiger partial charge in [0.05, 0.1) is 0 Å². The van der Waals surface area contributed by atoms with Gasteiger partial charge in [0.1, 0.15) is 17.3 Å². The Morgan fingerprint density at radius 1 is 1.04 bits per heavy atom. The number of anilines is 1. The number of rotatable bonds is 8. The molecule has 0 saturated heterocycles. The maximum Gasteiger partial charge on any atom is 0.239 e. The van der Waals surface area contributed by atoms with Crippen molar-refractivity contribution in [3.8, 4) is 0 Å². The molecule has 1 aliphatic rings. The van der Waals surface area contributed by atoms with Gasteiger partial charge in [0, 0.05) is 12.2 Å². The molecule has 6 nitrogen and oxygen atoms in total. The largest absolute Gasteiger partial charge is 0.355 e. The molecule has 2 rings (SSSR count). The highest BCUT2D eigenvalue weighted by molar-refractivity contribution is 7.92. The van der Waals surface area contributed by atoms with E-state index in [0.29, 0.717) is 6.54 Å². The van der Waals surface area contributed by atoms with E-state index in [1.54, 1.807) is 0 Å². The summed E-state index contributed by atoms with van der Waals surface area (Å²) in [7, 11) is -3.88. The van der Waals surface area contributed by atoms with Crippen LogP contribution in [0.3, 0.4) is 0 Å². The van der Waals surface area contributed by atoms with Gasteiger partial charge in [0.2, 0.25) is 11.8 Å². The van der Waals surface area contributed by atoms with Gasteiger partial charge in [-0.05, 0) is 56.4 Å². The van der Waals surface area contributed by atoms with Crippen LogP contribution in [-0.4, -0.2) is 38.3 Å². The fourth-order valence-electron chi connectivity index (χ4n) is 2.73. The summed E-state index contributed by atoms with van der Waals surface area (Å²) in [6.07, 6.45) is 7.31. The molecule has 0 spiro atoms. The van der Waals surface area contributed by atoms with Crippen LogP contribution in [0.15, 0.2) is 35.9 Å². The Morgan fingerprint density at radius 2 is 1.73 bits per heavy atom. The highest BCUT2D eigenvalue weighted by Crippen LogP contribution is 2.19. The summed E-state index contributed by atoms with van der Waals surface area (Å²) in [5, 5.41) is 4.94. The summed E-state index contributed by atoms with van der Waals surface area (Å²) in [5.74, 6) is -3.38. The van der Waals surface area contributed by atoms with Crippen LogP contribution >= 0.6 is 0 Å². The Morgan fingerprint density at radius 3 is 2.38 bits per heavy atom. The van der Waals surface area contributed by atoms with Crippen molar-refractivity contribution < 1.29 is 22.4 Å². The Kier molecular flexibility index (Phi) is 7.32. The predicted octanol–water partition coefficient (Wildman–Crippen LogP) is 2.19. The zero-order valence-electron chi connectivity index (χ0n) is 14.5. The molecule has 0 fully saturated rings. The van der Waals surface area contributed by atoms with Crippen LogP contribution < -0.4 is 10.6 Å². The van der Waals surface area contributed by atoms with Crippen molar-refractivity contribution in [2.45, 2.75) is 32.1 Å². The molecule has 8 heteroatoms. The number of carbonyl (C=O) groups excluding carboxylic acids is 2. The average Bonchev–Trinajstić information content (AvgIpc) is 2.57. The molecular weight excluding hydrogens is 359 g/mol. The van der Waals surface area contributed by atoms with Crippen LogP contribution in [0.5, 0.6) is 0 Å². The number of nitrogens with one attached hydrogen (secondary N) is 2. The van der Waals surface area contributed by atoms with Crippen LogP contribution in [0.4, 0.5) is 10.1 Å². The van der Waals surface area contributed by atoms with Crippen LogP contribution in [0, 0.1) is 5.82 Å². The molecule has 0 aliphatic heterocycles. The summed E-state index contributed by atoms with van der Waals surface area (Å²) in [5.41, 5.74) is 1.58. The SMILES string of the molecule is O=C(CS(=O)(=O)CC(=O)Nc1ccc(F)cc1)NCCC1=CCCCC1. The first-order chi connectivity index (χ1) is 12.3. The van der Waals surface area contributed by atoms with Crippen molar-refractivity contribution >= 4 is 27.3 Å². The molecule has 142 valence electrons. The second-order valence-corrected chi connectivity index (χ2v) is 8.36. The smallest absolute Gasteiger partial charge is 0.239 e. The van der Waals surface area contributed by atoms with Crippen molar-refractivity contribution in [3.63, 3.8) is 0 Å². The molecule has 1 aliphatic carbocycles. The van der Waals surface area contributed by atoms with E-state index in [4.69, 9.17) is 0 Å². The first kappa shape index (κ1) is 20.1. The lowest BCUT2D eigenvalue weighted by molar-refractivity contribution is -0.118. The van der Waals surface area contributed by atoms with Crippen LogP contribution in [0.25, 0.3) is 0 Å². The molecule has 0 heterocycles. The zero-order valence-corrected chi connectivity index (χ0v) is 15.3. The Bertz CT molecular complexity index is 773. The molecule has 1 aromatic carbocycles. The van der Waals surface area contributed by atoms with Crippen LogP contribution in [-0.2, 0) is 19.4 Å². The maximum atomic E-state index is 12.8. The summed E-state index contributed by atoms with van der Waals surface area (Å²) in [6.45, 7) is 0.391. The fraction of sp³-hybridized carbons (Fsp3) is 0.444. The van der Waals surface area contributed by atoms with Crippen molar-refractivity contribution in [2.75, 3.05) is 23.4 Å². The van der Waals surface area contributed by atoms with Crippen molar-refractivity contribution in [1.82, 2.24) is 5.32 Å².